The molecule has 0 bridgehead atoms. The quantitative estimate of drug-likeness (QED) is 0.832. The summed E-state index contributed by atoms with van der Waals surface area (Å²) in [6.45, 7) is 0.432. The molecule has 0 fully saturated rings. The van der Waals surface area contributed by atoms with E-state index in [2.05, 4.69) is 4.98 Å². The number of nitrogens with zero attached hydrogens (tertiary/aromatic N) is 1. The smallest absolute Gasteiger partial charge is 0.328 e. The Kier molecular flexibility index (Phi) is 4.84. The van der Waals surface area contributed by atoms with Crippen LogP contribution in [0, 0.1) is 5.82 Å². The number of halogens is 1. The molecule has 2 rings (SSSR count). The van der Waals surface area contributed by atoms with Gasteiger partial charge in [0.05, 0.1) is 11.6 Å². The molecular weight excluding hydrogens is 281 g/mol. The fourth-order valence-electron chi connectivity index (χ4n) is 1.46. The fraction of sp³-hybridized carbons (Fsp3) is 0.143. The molecule has 0 atom stereocenters. The van der Waals surface area contributed by atoms with Crippen LogP contribution < -0.4 is 4.74 Å². The Morgan fingerprint density at radius 2 is 2.15 bits per heavy atom. The number of rotatable bonds is 6. The number of benzene rings is 1. The highest BCUT2D eigenvalue weighted by atomic mass is 32.1. The molecule has 0 aliphatic rings. The third-order valence-corrected chi connectivity index (χ3v) is 3.38. The van der Waals surface area contributed by atoms with E-state index >= 15 is 0 Å². The minimum absolute atomic E-state index is 0.299. The van der Waals surface area contributed by atoms with Gasteiger partial charge in [0.2, 0.25) is 0 Å². The van der Waals surface area contributed by atoms with Gasteiger partial charge in [0.15, 0.2) is 0 Å². The Bertz CT molecular complexity index is 607. The van der Waals surface area contributed by atoms with Gasteiger partial charge in [0.25, 0.3) is 0 Å². The van der Waals surface area contributed by atoms with E-state index in [-0.39, 0.29) is 5.82 Å². The maximum Gasteiger partial charge on any atom is 0.328 e. The molecule has 0 saturated carbocycles. The van der Waals surface area contributed by atoms with Crippen molar-refractivity contribution in [2.24, 2.45) is 0 Å². The van der Waals surface area contributed by atoms with Crippen molar-refractivity contribution in [2.75, 3.05) is 6.61 Å². The molecule has 0 unspecified atom stereocenters. The van der Waals surface area contributed by atoms with Crippen LogP contribution in [-0.4, -0.2) is 22.7 Å². The number of carboxylic acid groups (broad SMARTS) is 1. The highest BCUT2D eigenvalue weighted by molar-refractivity contribution is 7.12. The molecule has 4 nitrogen and oxygen atoms in total. The largest absolute Gasteiger partial charge is 0.493 e. The molecule has 104 valence electrons. The standard InChI is InChI=1S/C14H12FNO3S/c15-10-1-3-11(4-2-10)19-8-7-13-16-9-12(20-13)5-6-14(17)18/h1-6,9H,7-8H2,(H,17,18)/b6-5+. The van der Waals surface area contributed by atoms with Gasteiger partial charge in [-0.05, 0) is 30.3 Å². The van der Waals surface area contributed by atoms with Crippen molar-refractivity contribution in [2.45, 2.75) is 6.42 Å². The monoisotopic (exact) mass is 293 g/mol. The number of aliphatic carboxylic acids is 1. The van der Waals surface area contributed by atoms with Gasteiger partial charge in [-0.1, -0.05) is 0 Å². The Morgan fingerprint density at radius 1 is 1.40 bits per heavy atom. The van der Waals surface area contributed by atoms with Gasteiger partial charge in [-0.2, -0.15) is 0 Å². The Morgan fingerprint density at radius 3 is 2.85 bits per heavy atom. The van der Waals surface area contributed by atoms with Gasteiger partial charge in [-0.3, -0.25) is 0 Å². The average molecular weight is 293 g/mol. The normalized spacial score (nSPS) is 10.8. The number of aromatic nitrogens is 1. The van der Waals surface area contributed by atoms with E-state index in [4.69, 9.17) is 9.84 Å². The first kappa shape index (κ1) is 14.2. The molecular formula is C14H12FNO3S. The third-order valence-electron chi connectivity index (χ3n) is 2.36. The molecule has 0 saturated heterocycles. The molecule has 1 heterocycles. The lowest BCUT2D eigenvalue weighted by Gasteiger charge is -2.03. The van der Waals surface area contributed by atoms with Crippen LogP contribution >= 0.6 is 11.3 Å². The lowest BCUT2D eigenvalue weighted by atomic mass is 10.3. The summed E-state index contributed by atoms with van der Waals surface area (Å²) in [6, 6.07) is 5.82. The SMILES string of the molecule is O=C(O)/C=C/c1cnc(CCOc2ccc(F)cc2)s1. The highest BCUT2D eigenvalue weighted by Gasteiger charge is 2.01. The second kappa shape index (κ2) is 6.81. The van der Waals surface area contributed by atoms with E-state index in [0.29, 0.717) is 18.8 Å². The summed E-state index contributed by atoms with van der Waals surface area (Å²) in [7, 11) is 0. The van der Waals surface area contributed by atoms with Crippen LogP contribution in [0.15, 0.2) is 36.5 Å². The summed E-state index contributed by atoms with van der Waals surface area (Å²) in [5.41, 5.74) is 0. The molecule has 2 aromatic rings. The van der Waals surface area contributed by atoms with Gasteiger partial charge in [-0.15, -0.1) is 11.3 Å². The van der Waals surface area contributed by atoms with Gasteiger partial charge in [-0.25, -0.2) is 14.2 Å². The number of hydrogen-bond acceptors (Lipinski definition) is 4. The topological polar surface area (TPSA) is 59.4 Å². The van der Waals surface area contributed by atoms with Crippen molar-refractivity contribution in [1.29, 1.82) is 0 Å². The Labute approximate surface area is 119 Å². The zero-order chi connectivity index (χ0) is 14.4. The summed E-state index contributed by atoms with van der Waals surface area (Å²) in [4.78, 5) is 15.3. The average Bonchev–Trinajstić information content (AvgIpc) is 2.87. The summed E-state index contributed by atoms with van der Waals surface area (Å²) >= 11 is 1.41. The summed E-state index contributed by atoms with van der Waals surface area (Å²) in [5.74, 6) is -0.680. The third kappa shape index (κ3) is 4.47. The molecule has 1 aromatic heterocycles. The van der Waals surface area contributed by atoms with Crippen LogP contribution in [0.3, 0.4) is 0 Å². The zero-order valence-corrected chi connectivity index (χ0v) is 11.3. The zero-order valence-electron chi connectivity index (χ0n) is 10.5. The Hall–Kier alpha value is -2.21. The van der Waals surface area contributed by atoms with Crippen molar-refractivity contribution in [3.05, 3.63) is 52.2 Å². The molecule has 20 heavy (non-hydrogen) atoms. The number of carboxylic acids is 1. The number of hydrogen-bond donors (Lipinski definition) is 1. The van der Waals surface area contributed by atoms with E-state index in [1.807, 2.05) is 0 Å². The predicted molar refractivity (Wildman–Crippen MR) is 74.4 cm³/mol. The minimum Gasteiger partial charge on any atom is -0.493 e. The van der Waals surface area contributed by atoms with Gasteiger partial charge >= 0.3 is 5.97 Å². The van der Waals surface area contributed by atoms with Crippen molar-refractivity contribution in [3.8, 4) is 5.75 Å². The predicted octanol–water partition coefficient (Wildman–Crippen LogP) is 3.00. The van der Waals surface area contributed by atoms with Crippen molar-refractivity contribution in [3.63, 3.8) is 0 Å². The van der Waals surface area contributed by atoms with Crippen LogP contribution in [0.2, 0.25) is 0 Å². The van der Waals surface area contributed by atoms with E-state index < -0.39 is 5.97 Å². The number of carbonyl (C=O) groups is 1. The molecule has 1 aromatic carbocycles. The number of thiazole rings is 1. The van der Waals surface area contributed by atoms with Crippen LogP contribution in [-0.2, 0) is 11.2 Å². The first-order valence-electron chi connectivity index (χ1n) is 5.87. The van der Waals surface area contributed by atoms with Gasteiger partial charge in [0, 0.05) is 23.6 Å². The van der Waals surface area contributed by atoms with Crippen LogP contribution in [0.4, 0.5) is 4.39 Å². The van der Waals surface area contributed by atoms with E-state index in [1.165, 1.54) is 29.5 Å². The highest BCUT2D eigenvalue weighted by Crippen LogP contribution is 2.16. The summed E-state index contributed by atoms with van der Waals surface area (Å²) in [5, 5.41) is 9.38. The fourth-order valence-corrected chi connectivity index (χ4v) is 2.26. The van der Waals surface area contributed by atoms with E-state index in [1.54, 1.807) is 18.3 Å². The maximum atomic E-state index is 12.7. The van der Waals surface area contributed by atoms with E-state index in [9.17, 15) is 9.18 Å². The lowest BCUT2D eigenvalue weighted by Crippen LogP contribution is -2.00. The van der Waals surface area contributed by atoms with Gasteiger partial charge in [0.1, 0.15) is 11.6 Å². The summed E-state index contributed by atoms with van der Waals surface area (Å²) in [6.07, 6.45) is 4.82. The van der Waals surface area contributed by atoms with E-state index in [0.717, 1.165) is 16.0 Å². The van der Waals surface area contributed by atoms with Crippen LogP contribution in [0.5, 0.6) is 5.75 Å². The molecule has 1 N–H and O–H groups in total. The molecule has 0 amide bonds. The molecule has 6 heteroatoms. The molecule has 0 spiro atoms. The second-order valence-corrected chi connectivity index (χ2v) is 5.03. The minimum atomic E-state index is -0.986. The first-order valence-corrected chi connectivity index (χ1v) is 6.69. The lowest BCUT2D eigenvalue weighted by molar-refractivity contribution is -0.131. The maximum absolute atomic E-state index is 12.7. The second-order valence-electron chi connectivity index (χ2n) is 3.88. The number of ether oxygens (including phenoxy) is 1. The summed E-state index contributed by atoms with van der Waals surface area (Å²) < 4.78 is 18.2. The van der Waals surface area contributed by atoms with Crippen molar-refractivity contribution >= 4 is 23.4 Å². The first-order chi connectivity index (χ1) is 9.63. The molecule has 0 aliphatic carbocycles. The molecule has 0 radical (unpaired) electrons. The Balaban J connectivity index is 1.82. The molecule has 0 aliphatic heterocycles. The van der Waals surface area contributed by atoms with Gasteiger partial charge < -0.3 is 9.84 Å². The van der Waals surface area contributed by atoms with Crippen molar-refractivity contribution < 1.29 is 19.0 Å². The van der Waals surface area contributed by atoms with Crippen molar-refractivity contribution in [1.82, 2.24) is 4.98 Å². The van der Waals surface area contributed by atoms with Crippen LogP contribution in [0.25, 0.3) is 6.08 Å². The van der Waals surface area contributed by atoms with Crippen LogP contribution in [0.1, 0.15) is 9.88 Å².